The van der Waals surface area contributed by atoms with Crippen molar-refractivity contribution in [3.63, 3.8) is 0 Å². The summed E-state index contributed by atoms with van der Waals surface area (Å²) < 4.78 is 17.0. The van der Waals surface area contributed by atoms with Gasteiger partial charge in [-0.3, -0.25) is 19.2 Å². The molecule has 0 radical (unpaired) electrons. The van der Waals surface area contributed by atoms with Gasteiger partial charge in [-0.2, -0.15) is 0 Å². The molecule has 0 aliphatic carbocycles. The van der Waals surface area contributed by atoms with Crippen molar-refractivity contribution in [2.75, 3.05) is 26.2 Å². The summed E-state index contributed by atoms with van der Waals surface area (Å²) in [7, 11) is 0. The summed E-state index contributed by atoms with van der Waals surface area (Å²) in [4.78, 5) is 51.0. The van der Waals surface area contributed by atoms with Gasteiger partial charge in [0.2, 0.25) is 11.8 Å². The number of hydrogen-bond donors (Lipinski definition) is 0. The first-order valence-electron chi connectivity index (χ1n) is 15.2. The molecule has 0 aliphatic rings. The Labute approximate surface area is 247 Å². The molecule has 0 spiro atoms. The van der Waals surface area contributed by atoms with E-state index in [4.69, 9.17) is 6.80 Å². The molecular weight excluding hydrogens is 580 g/mol. The first-order chi connectivity index (χ1) is 18.7. The molecule has 0 saturated heterocycles. The summed E-state index contributed by atoms with van der Waals surface area (Å²) in [5.74, 6) is 0.246. The van der Waals surface area contributed by atoms with E-state index in [0.717, 1.165) is 103 Å². The van der Waals surface area contributed by atoms with E-state index in [2.05, 4.69) is 41.5 Å². The quantitative estimate of drug-likeness (QED) is 0.0944. The van der Waals surface area contributed by atoms with Crippen LogP contribution in [0.1, 0.15) is 144 Å². The third kappa shape index (κ3) is 29.4. The number of carbonyl (C=O) groups is 4. The van der Waals surface area contributed by atoms with Gasteiger partial charge in [-0.05, 0) is 38.5 Å². The molecule has 230 valence electrons. The van der Waals surface area contributed by atoms with Gasteiger partial charge in [0.15, 0.2) is 0 Å². The maximum atomic E-state index is 12.0. The predicted octanol–water partition coefficient (Wildman–Crippen LogP) is 6.89. The minimum atomic E-state index is -2.03. The summed E-state index contributed by atoms with van der Waals surface area (Å²) in [6.07, 6.45) is 13.6. The zero-order valence-electron chi connectivity index (χ0n) is 25.9. The molecule has 0 bridgehead atoms. The van der Waals surface area contributed by atoms with Gasteiger partial charge in [-0.15, -0.1) is 0 Å². The average molecular weight is 639 g/mol. The van der Waals surface area contributed by atoms with Gasteiger partial charge >= 0.3 is 25.3 Å². The van der Waals surface area contributed by atoms with Crippen molar-refractivity contribution in [2.24, 2.45) is 0 Å². The van der Waals surface area contributed by atoms with E-state index >= 15 is 0 Å². The Hall–Kier alpha value is -1.43. The molecule has 0 fully saturated rings. The van der Waals surface area contributed by atoms with Gasteiger partial charge in [-0.25, -0.2) is 0 Å². The minimum absolute atomic E-state index is 0.0259. The zero-order valence-corrected chi connectivity index (χ0v) is 27.9. The SMILES string of the molecule is CCCCC(=O)CC(=O)N(CCCC)CCCC.CCCCC(=O)CC(=O)N(CCCC)CCCC.[O]=[Mo]=[O]. The van der Waals surface area contributed by atoms with Crippen LogP contribution < -0.4 is 0 Å². The molecule has 0 aromatic heterocycles. The molecule has 0 aromatic rings. The standard InChI is InChI=1S/2C15H29NO2.Mo.2O/c2*1-4-7-10-14(17)13-15(18)16(11-8-5-2)12-9-6-3;;;/h2*4-13H2,1-3H3;;;. The third-order valence-corrected chi connectivity index (χ3v) is 6.15. The van der Waals surface area contributed by atoms with Crippen molar-refractivity contribution in [2.45, 2.75) is 144 Å². The molecule has 0 N–H and O–H groups in total. The van der Waals surface area contributed by atoms with Crippen LogP contribution >= 0.6 is 0 Å². The van der Waals surface area contributed by atoms with E-state index in [1.807, 2.05) is 9.80 Å². The normalized spacial score (nSPS) is 9.90. The van der Waals surface area contributed by atoms with Gasteiger partial charge in [0, 0.05) is 39.0 Å². The Morgan fingerprint density at radius 1 is 0.462 bits per heavy atom. The van der Waals surface area contributed by atoms with E-state index in [1.54, 1.807) is 0 Å². The summed E-state index contributed by atoms with van der Waals surface area (Å²) in [5, 5.41) is 0. The van der Waals surface area contributed by atoms with E-state index in [0.29, 0.717) is 12.8 Å². The van der Waals surface area contributed by atoms with Crippen LogP contribution in [-0.4, -0.2) is 59.4 Å². The number of unbranched alkanes of at least 4 members (excludes halogenated alkanes) is 6. The molecule has 9 heteroatoms. The fourth-order valence-electron chi connectivity index (χ4n) is 3.60. The Bertz CT molecular complexity index is 600. The fraction of sp³-hybridized carbons (Fsp3) is 0.867. The Morgan fingerprint density at radius 3 is 0.897 bits per heavy atom. The monoisotopic (exact) mass is 640 g/mol. The molecule has 0 saturated carbocycles. The van der Waals surface area contributed by atoms with Crippen molar-refractivity contribution in [3.8, 4) is 0 Å². The molecule has 8 nitrogen and oxygen atoms in total. The first-order valence-corrected chi connectivity index (χ1v) is 16.9. The summed E-state index contributed by atoms with van der Waals surface area (Å²) >= 11 is -2.03. The second-order valence-corrected chi connectivity index (χ2v) is 10.2. The zero-order chi connectivity index (χ0) is 30.3. The summed E-state index contributed by atoms with van der Waals surface area (Å²) in [5.41, 5.74) is 0. The molecule has 0 unspecified atom stereocenters. The van der Waals surface area contributed by atoms with Gasteiger partial charge in [0.1, 0.15) is 11.6 Å². The number of ketones is 2. The van der Waals surface area contributed by atoms with Crippen LogP contribution in [0.5, 0.6) is 0 Å². The molecule has 0 aliphatic heterocycles. The van der Waals surface area contributed by atoms with E-state index in [-0.39, 0.29) is 36.2 Å². The fourth-order valence-corrected chi connectivity index (χ4v) is 3.60. The molecule has 0 rings (SSSR count). The van der Waals surface area contributed by atoms with Crippen molar-refractivity contribution < 1.29 is 44.5 Å². The van der Waals surface area contributed by atoms with Gasteiger partial charge in [0.25, 0.3) is 0 Å². The van der Waals surface area contributed by atoms with Crippen LogP contribution in [0.2, 0.25) is 0 Å². The van der Waals surface area contributed by atoms with Crippen LogP contribution in [0.3, 0.4) is 0 Å². The number of rotatable bonds is 22. The molecule has 0 aromatic carbocycles. The van der Waals surface area contributed by atoms with Crippen LogP contribution in [0.4, 0.5) is 0 Å². The van der Waals surface area contributed by atoms with Crippen LogP contribution in [0, 0.1) is 0 Å². The average Bonchev–Trinajstić information content (AvgIpc) is 2.91. The third-order valence-electron chi connectivity index (χ3n) is 6.15. The maximum absolute atomic E-state index is 12.0. The van der Waals surface area contributed by atoms with Crippen molar-refractivity contribution in [1.29, 1.82) is 0 Å². The van der Waals surface area contributed by atoms with E-state index in [1.165, 1.54) is 0 Å². The Kier molecular flexibility index (Phi) is 35.3. The van der Waals surface area contributed by atoms with Crippen molar-refractivity contribution >= 4 is 23.4 Å². The van der Waals surface area contributed by atoms with Gasteiger partial charge < -0.3 is 9.80 Å². The van der Waals surface area contributed by atoms with Crippen LogP contribution in [0.25, 0.3) is 0 Å². The van der Waals surface area contributed by atoms with Crippen molar-refractivity contribution in [1.82, 2.24) is 9.80 Å². The molecular formula is C30H58MoN2O6. The van der Waals surface area contributed by atoms with E-state index < -0.39 is 18.5 Å². The van der Waals surface area contributed by atoms with Gasteiger partial charge in [-0.1, -0.05) is 80.1 Å². The number of carbonyl (C=O) groups excluding carboxylic acids is 4. The molecule has 0 atom stereocenters. The number of amides is 2. The number of nitrogens with zero attached hydrogens (tertiary/aromatic N) is 2. The molecule has 2 amide bonds. The summed E-state index contributed by atoms with van der Waals surface area (Å²) in [6.45, 7) is 15.8. The second kappa shape index (κ2) is 32.8. The van der Waals surface area contributed by atoms with Crippen LogP contribution in [0.15, 0.2) is 0 Å². The number of Topliss-reactive ketones (excluding diaryl/α,β-unsaturated/α-hetero) is 2. The van der Waals surface area contributed by atoms with Crippen molar-refractivity contribution in [3.05, 3.63) is 0 Å². The van der Waals surface area contributed by atoms with E-state index in [9.17, 15) is 19.2 Å². The first kappa shape index (κ1) is 42.0. The van der Waals surface area contributed by atoms with Gasteiger partial charge in [0.05, 0.1) is 12.8 Å². The molecule has 0 heterocycles. The van der Waals surface area contributed by atoms with Crippen LogP contribution in [-0.2, 0) is 44.5 Å². The second-order valence-electron chi connectivity index (χ2n) is 9.88. The number of hydrogen-bond acceptors (Lipinski definition) is 6. The summed E-state index contributed by atoms with van der Waals surface area (Å²) in [6, 6.07) is 0. The Morgan fingerprint density at radius 2 is 0.692 bits per heavy atom. The Balaban J connectivity index is -0.000000603. The molecule has 39 heavy (non-hydrogen) atoms. The predicted molar refractivity (Wildman–Crippen MR) is 152 cm³/mol. The topological polar surface area (TPSA) is 109 Å².